The van der Waals surface area contributed by atoms with Gasteiger partial charge in [0.1, 0.15) is 10.8 Å². The number of nitrogens with two attached hydrogens (primary N) is 1. The van der Waals surface area contributed by atoms with Gasteiger partial charge in [-0.15, -0.1) is 23.1 Å². The maximum absolute atomic E-state index is 12.7. The molecule has 2 aromatic heterocycles. The third kappa shape index (κ3) is 2.46. The highest BCUT2D eigenvalue weighted by Gasteiger charge is 2.15. The molecule has 114 valence electrons. The number of benzene rings is 1. The first-order valence-corrected chi connectivity index (χ1v) is 8.59. The molecule has 0 saturated carbocycles. The summed E-state index contributed by atoms with van der Waals surface area (Å²) in [6.45, 7) is 2.05. The van der Waals surface area contributed by atoms with Crippen LogP contribution >= 0.6 is 23.1 Å². The van der Waals surface area contributed by atoms with Gasteiger partial charge in [0.2, 0.25) is 0 Å². The van der Waals surface area contributed by atoms with E-state index in [0.29, 0.717) is 16.1 Å². The Hall–Kier alpha value is -1.99. The summed E-state index contributed by atoms with van der Waals surface area (Å²) in [4.78, 5) is 12.7. The molecule has 0 aliphatic carbocycles. The van der Waals surface area contributed by atoms with Crippen molar-refractivity contribution in [2.75, 3.05) is 18.6 Å². The van der Waals surface area contributed by atoms with E-state index in [0.717, 1.165) is 21.9 Å². The van der Waals surface area contributed by atoms with Crippen molar-refractivity contribution in [3.8, 4) is 11.4 Å². The molecule has 1 aromatic carbocycles. The SMILES string of the molecule is CCSc1nn(-c2ccc(OC)cc2)c(=O)c2c(N)scc12. The van der Waals surface area contributed by atoms with Gasteiger partial charge in [-0.1, -0.05) is 6.92 Å². The molecule has 0 aliphatic rings. The lowest BCUT2D eigenvalue weighted by Crippen LogP contribution is -2.22. The number of thiophene rings is 1. The zero-order valence-corrected chi connectivity index (χ0v) is 13.8. The van der Waals surface area contributed by atoms with E-state index in [9.17, 15) is 4.79 Å². The van der Waals surface area contributed by atoms with Gasteiger partial charge in [0.25, 0.3) is 5.56 Å². The van der Waals surface area contributed by atoms with Crippen LogP contribution in [0.25, 0.3) is 16.5 Å². The summed E-state index contributed by atoms with van der Waals surface area (Å²) in [5.41, 5.74) is 6.48. The first kappa shape index (κ1) is 14.9. The zero-order chi connectivity index (χ0) is 15.7. The molecule has 22 heavy (non-hydrogen) atoms. The lowest BCUT2D eigenvalue weighted by atomic mass is 10.2. The number of nitrogen functional groups attached to an aromatic ring is 1. The molecule has 0 spiro atoms. The molecule has 2 N–H and O–H groups in total. The molecule has 0 saturated heterocycles. The van der Waals surface area contributed by atoms with E-state index >= 15 is 0 Å². The minimum absolute atomic E-state index is 0.195. The molecule has 0 unspecified atom stereocenters. The molecule has 5 nitrogen and oxygen atoms in total. The highest BCUT2D eigenvalue weighted by Crippen LogP contribution is 2.32. The van der Waals surface area contributed by atoms with Crippen molar-refractivity contribution < 1.29 is 4.74 Å². The maximum atomic E-state index is 12.7. The Morgan fingerprint density at radius 2 is 2.09 bits per heavy atom. The van der Waals surface area contributed by atoms with Gasteiger partial charge in [-0.05, 0) is 30.0 Å². The van der Waals surface area contributed by atoms with Gasteiger partial charge in [0.05, 0.1) is 23.2 Å². The van der Waals surface area contributed by atoms with Crippen LogP contribution in [-0.4, -0.2) is 22.6 Å². The van der Waals surface area contributed by atoms with E-state index in [-0.39, 0.29) is 5.56 Å². The number of anilines is 1. The lowest BCUT2D eigenvalue weighted by Gasteiger charge is -2.09. The molecule has 0 fully saturated rings. The van der Waals surface area contributed by atoms with Crippen molar-refractivity contribution in [2.24, 2.45) is 0 Å². The van der Waals surface area contributed by atoms with Gasteiger partial charge in [-0.3, -0.25) is 4.79 Å². The summed E-state index contributed by atoms with van der Waals surface area (Å²) in [5.74, 6) is 1.61. The predicted molar refractivity (Wildman–Crippen MR) is 92.6 cm³/mol. The Balaban J connectivity index is 2.26. The molecule has 0 aliphatic heterocycles. The van der Waals surface area contributed by atoms with E-state index in [1.54, 1.807) is 31.0 Å². The lowest BCUT2D eigenvalue weighted by molar-refractivity contribution is 0.414. The number of methoxy groups -OCH3 is 1. The summed E-state index contributed by atoms with van der Waals surface area (Å²) >= 11 is 2.97. The van der Waals surface area contributed by atoms with Gasteiger partial charge in [-0.2, -0.15) is 9.78 Å². The van der Waals surface area contributed by atoms with Crippen molar-refractivity contribution in [2.45, 2.75) is 11.9 Å². The third-order valence-corrected chi connectivity index (χ3v) is 4.92. The normalized spacial score (nSPS) is 11.0. The smallest absolute Gasteiger partial charge is 0.282 e. The molecule has 0 atom stereocenters. The molecule has 2 heterocycles. The average molecular weight is 333 g/mol. The van der Waals surface area contributed by atoms with Crippen LogP contribution in [0.2, 0.25) is 0 Å². The number of ether oxygens (including phenoxy) is 1. The van der Waals surface area contributed by atoms with E-state index in [2.05, 4.69) is 12.0 Å². The van der Waals surface area contributed by atoms with E-state index in [1.807, 2.05) is 17.5 Å². The topological polar surface area (TPSA) is 70.1 Å². The van der Waals surface area contributed by atoms with Crippen LogP contribution in [0.3, 0.4) is 0 Å². The number of thioether (sulfide) groups is 1. The van der Waals surface area contributed by atoms with Gasteiger partial charge < -0.3 is 10.5 Å². The quantitative estimate of drug-likeness (QED) is 0.743. The monoisotopic (exact) mass is 333 g/mol. The molecule has 0 bridgehead atoms. The van der Waals surface area contributed by atoms with Crippen molar-refractivity contribution >= 4 is 38.9 Å². The maximum Gasteiger partial charge on any atom is 0.282 e. The fraction of sp³-hybridized carbons (Fsp3) is 0.200. The van der Waals surface area contributed by atoms with Crippen molar-refractivity contribution in [3.05, 3.63) is 40.0 Å². The Bertz CT molecular complexity index is 869. The van der Waals surface area contributed by atoms with E-state index in [1.165, 1.54) is 16.0 Å². The second kappa shape index (κ2) is 6.02. The Morgan fingerprint density at radius 1 is 1.36 bits per heavy atom. The van der Waals surface area contributed by atoms with Crippen molar-refractivity contribution in [3.63, 3.8) is 0 Å². The van der Waals surface area contributed by atoms with Crippen LogP contribution in [0.5, 0.6) is 5.75 Å². The standard InChI is InChI=1S/C15H15N3O2S2/c1-3-21-14-11-8-22-13(16)12(11)15(19)18(17-14)9-4-6-10(20-2)7-5-9/h4-8H,3,16H2,1-2H3. The minimum Gasteiger partial charge on any atom is -0.497 e. The molecule has 7 heteroatoms. The van der Waals surface area contributed by atoms with E-state index in [4.69, 9.17) is 10.5 Å². The molecular weight excluding hydrogens is 318 g/mol. The summed E-state index contributed by atoms with van der Waals surface area (Å²) in [6.07, 6.45) is 0. The Labute approximate surface area is 135 Å². The van der Waals surface area contributed by atoms with Crippen LogP contribution in [0.4, 0.5) is 5.00 Å². The van der Waals surface area contributed by atoms with Crippen LogP contribution in [0.15, 0.2) is 39.5 Å². The number of aromatic nitrogens is 2. The fourth-order valence-electron chi connectivity index (χ4n) is 2.19. The number of rotatable bonds is 4. The molecule has 3 rings (SSSR count). The average Bonchev–Trinajstić information content (AvgIpc) is 2.93. The van der Waals surface area contributed by atoms with Gasteiger partial charge in [0, 0.05) is 10.8 Å². The Kier molecular flexibility index (Phi) is 4.08. The molecule has 0 amide bonds. The zero-order valence-electron chi connectivity index (χ0n) is 12.2. The van der Waals surface area contributed by atoms with Crippen LogP contribution < -0.4 is 16.0 Å². The summed E-state index contributed by atoms with van der Waals surface area (Å²) in [5, 5.41) is 9.14. The highest BCUT2D eigenvalue weighted by atomic mass is 32.2. The van der Waals surface area contributed by atoms with Gasteiger partial charge in [0.15, 0.2) is 0 Å². The van der Waals surface area contributed by atoms with E-state index < -0.39 is 0 Å². The highest BCUT2D eigenvalue weighted by molar-refractivity contribution is 7.99. The third-order valence-electron chi connectivity index (χ3n) is 3.24. The molecular formula is C15H15N3O2S2. The largest absolute Gasteiger partial charge is 0.497 e. The number of fused-ring (bicyclic) bond motifs is 1. The summed E-state index contributed by atoms with van der Waals surface area (Å²) in [7, 11) is 1.60. The van der Waals surface area contributed by atoms with Crippen LogP contribution in [0.1, 0.15) is 6.92 Å². The van der Waals surface area contributed by atoms with Crippen LogP contribution in [0, 0.1) is 0 Å². The van der Waals surface area contributed by atoms with Crippen LogP contribution in [-0.2, 0) is 0 Å². The summed E-state index contributed by atoms with van der Waals surface area (Å²) in [6, 6.07) is 7.22. The first-order chi connectivity index (χ1) is 10.7. The number of nitrogens with zero attached hydrogens (tertiary/aromatic N) is 2. The number of hydrogen-bond acceptors (Lipinski definition) is 6. The molecule has 3 aromatic rings. The Morgan fingerprint density at radius 3 is 2.73 bits per heavy atom. The number of hydrogen-bond donors (Lipinski definition) is 1. The van der Waals surface area contributed by atoms with Crippen molar-refractivity contribution in [1.82, 2.24) is 9.78 Å². The first-order valence-electron chi connectivity index (χ1n) is 6.73. The minimum atomic E-state index is -0.195. The van der Waals surface area contributed by atoms with Gasteiger partial charge >= 0.3 is 0 Å². The predicted octanol–water partition coefficient (Wildman–Crippen LogP) is 3.15. The second-order valence-electron chi connectivity index (χ2n) is 4.54. The fourth-order valence-corrected chi connectivity index (χ4v) is 3.78. The second-order valence-corrected chi connectivity index (χ2v) is 6.71. The summed E-state index contributed by atoms with van der Waals surface area (Å²) < 4.78 is 6.55. The molecule has 0 radical (unpaired) electrons. The van der Waals surface area contributed by atoms with Crippen molar-refractivity contribution in [1.29, 1.82) is 0 Å². The van der Waals surface area contributed by atoms with Gasteiger partial charge in [-0.25, -0.2) is 0 Å².